The second-order valence-electron chi connectivity index (χ2n) is 18.9. The lowest BCUT2D eigenvalue weighted by atomic mass is 9.54. The van der Waals surface area contributed by atoms with Gasteiger partial charge in [-0.05, 0) is 149 Å². The zero-order valence-electron chi connectivity index (χ0n) is 33.6. The number of carboxylic acids is 1. The standard InChI is InChI=1S/C44H60N4O2.C2HF3O2/c1-44(2)36(42(49)45-30-15-11-28(12-16-30)23-25-47-38-19-20-39(47)33-8-4-3-7-32(33)38)27-37(44)43(50)46-31-17-13-29(14-18-31)24-26-48-40-21-22-41(48)35-10-6-5-9-34(35)40;3-2(4,5)1(6)7/h3-10,28-31,36-41H,11-27H2,1-2H3,(H,45,49)(H,46,50);(H,6,7)/t28?,29?,30?,31?,36?,37?,38-,39+,40-,41+;. The summed E-state index contributed by atoms with van der Waals surface area (Å²) in [6.07, 6.45) is 12.7. The maximum Gasteiger partial charge on any atom is 0.490 e. The van der Waals surface area contributed by atoms with Crippen molar-refractivity contribution in [2.24, 2.45) is 29.1 Å². The molecule has 310 valence electrons. The van der Waals surface area contributed by atoms with Gasteiger partial charge in [-0.2, -0.15) is 13.2 Å². The molecule has 7 aliphatic rings. The minimum absolute atomic E-state index is 0.0639. The molecule has 4 bridgehead atoms. The molecule has 5 fully saturated rings. The summed E-state index contributed by atoms with van der Waals surface area (Å²) >= 11 is 0. The van der Waals surface area contributed by atoms with Gasteiger partial charge in [0.2, 0.25) is 11.8 Å². The molecule has 0 aromatic heterocycles. The Kier molecular flexibility index (Phi) is 11.5. The molecule has 3 saturated carbocycles. The molecular formula is C46H61F3N4O4. The molecule has 57 heavy (non-hydrogen) atoms. The molecule has 2 amide bonds. The molecule has 2 saturated heterocycles. The van der Waals surface area contributed by atoms with Crippen molar-refractivity contribution in [2.45, 2.75) is 153 Å². The van der Waals surface area contributed by atoms with Crippen LogP contribution in [0.25, 0.3) is 0 Å². The van der Waals surface area contributed by atoms with Crippen LogP contribution in [0.5, 0.6) is 0 Å². The Morgan fingerprint density at radius 3 is 1.21 bits per heavy atom. The molecule has 8 nitrogen and oxygen atoms in total. The molecule has 0 radical (unpaired) electrons. The predicted molar refractivity (Wildman–Crippen MR) is 212 cm³/mol. The summed E-state index contributed by atoms with van der Waals surface area (Å²) in [5.74, 6) is -0.974. The first-order valence-corrected chi connectivity index (χ1v) is 21.9. The number of aliphatic carboxylic acids is 1. The Balaban J connectivity index is 0.000000598. The molecular weight excluding hydrogens is 730 g/mol. The second kappa shape index (κ2) is 16.3. The van der Waals surface area contributed by atoms with E-state index >= 15 is 0 Å². The van der Waals surface area contributed by atoms with E-state index in [1.165, 1.54) is 77.3 Å². The van der Waals surface area contributed by atoms with Crippen molar-refractivity contribution in [1.29, 1.82) is 0 Å². The number of fused-ring (bicyclic) bond motifs is 10. The Bertz CT molecular complexity index is 1610. The van der Waals surface area contributed by atoms with Crippen molar-refractivity contribution in [3.8, 4) is 0 Å². The number of halogens is 3. The molecule has 2 aromatic carbocycles. The third-order valence-corrected chi connectivity index (χ3v) is 15.6. The molecule has 2 aromatic rings. The van der Waals surface area contributed by atoms with Gasteiger partial charge in [-0.1, -0.05) is 62.4 Å². The maximum atomic E-state index is 13.5. The van der Waals surface area contributed by atoms with Crippen LogP contribution in [-0.2, 0) is 14.4 Å². The topological polar surface area (TPSA) is 102 Å². The van der Waals surface area contributed by atoms with Crippen LogP contribution in [0.4, 0.5) is 13.2 Å². The quantitative estimate of drug-likeness (QED) is 0.222. The first-order valence-electron chi connectivity index (χ1n) is 21.9. The Labute approximate surface area is 335 Å². The van der Waals surface area contributed by atoms with Crippen LogP contribution < -0.4 is 10.6 Å². The third kappa shape index (κ3) is 8.13. The van der Waals surface area contributed by atoms with E-state index in [-0.39, 0.29) is 29.1 Å². The number of benzene rings is 2. The third-order valence-electron chi connectivity index (χ3n) is 15.6. The van der Waals surface area contributed by atoms with Crippen LogP contribution in [0.1, 0.15) is 157 Å². The monoisotopic (exact) mass is 790 g/mol. The van der Waals surface area contributed by atoms with Gasteiger partial charge in [-0.15, -0.1) is 0 Å². The van der Waals surface area contributed by atoms with E-state index in [1.807, 2.05) is 0 Å². The number of carbonyl (C=O) groups excluding carboxylic acids is 2. The highest BCUT2D eigenvalue weighted by Crippen LogP contribution is 2.55. The van der Waals surface area contributed by atoms with Crippen molar-refractivity contribution in [1.82, 2.24) is 20.4 Å². The maximum absolute atomic E-state index is 13.5. The number of nitrogens with zero attached hydrogens (tertiary/aromatic N) is 2. The van der Waals surface area contributed by atoms with Crippen LogP contribution in [0.2, 0.25) is 0 Å². The zero-order valence-corrected chi connectivity index (χ0v) is 33.6. The summed E-state index contributed by atoms with van der Waals surface area (Å²) in [6.45, 7) is 6.71. The summed E-state index contributed by atoms with van der Waals surface area (Å²) in [7, 11) is 0. The number of carbonyl (C=O) groups is 3. The van der Waals surface area contributed by atoms with E-state index in [2.05, 4.69) is 82.8 Å². The predicted octanol–water partition coefficient (Wildman–Crippen LogP) is 9.20. The SMILES string of the molecule is CC1(C)C(C(=O)NC2CCC(CCN3[C@@H]4CC[C@H]3c3ccccc34)CC2)CC1C(=O)NC1CCC(CCN2[C@@H]3CC[C@H]2c2ccccc23)CC1.O=C(O)C(F)(F)F. The van der Waals surface area contributed by atoms with Gasteiger partial charge in [0.25, 0.3) is 0 Å². The van der Waals surface area contributed by atoms with E-state index in [1.54, 1.807) is 22.3 Å². The molecule has 2 unspecified atom stereocenters. The molecule has 0 spiro atoms. The highest BCUT2D eigenvalue weighted by molar-refractivity contribution is 5.87. The van der Waals surface area contributed by atoms with Gasteiger partial charge >= 0.3 is 12.1 Å². The van der Waals surface area contributed by atoms with Gasteiger partial charge in [0, 0.05) is 48.1 Å². The lowest BCUT2D eigenvalue weighted by molar-refractivity contribution is -0.192. The van der Waals surface area contributed by atoms with Gasteiger partial charge in [0.05, 0.1) is 0 Å². The van der Waals surface area contributed by atoms with Crippen molar-refractivity contribution in [3.63, 3.8) is 0 Å². The summed E-state index contributed by atoms with van der Waals surface area (Å²) < 4.78 is 31.7. The molecule has 4 heterocycles. The fraction of sp³-hybridized carbons (Fsp3) is 0.674. The molecule has 11 heteroatoms. The second-order valence-corrected chi connectivity index (χ2v) is 18.9. The van der Waals surface area contributed by atoms with Crippen LogP contribution in [0, 0.1) is 29.1 Å². The summed E-state index contributed by atoms with van der Waals surface area (Å²) in [5.41, 5.74) is 6.04. The normalized spacial score (nSPS) is 33.7. The number of nitrogens with one attached hydrogen (secondary N) is 2. The van der Waals surface area contributed by atoms with Gasteiger partial charge in [-0.25, -0.2) is 4.79 Å². The van der Waals surface area contributed by atoms with Crippen LogP contribution in [-0.4, -0.2) is 64.0 Å². The highest BCUT2D eigenvalue weighted by atomic mass is 19.4. The number of hydrogen-bond acceptors (Lipinski definition) is 5. The lowest BCUT2D eigenvalue weighted by Crippen LogP contribution is -2.59. The molecule has 9 rings (SSSR count). The fourth-order valence-corrected chi connectivity index (χ4v) is 12.2. The number of rotatable bonds is 10. The van der Waals surface area contributed by atoms with Gasteiger partial charge in [-0.3, -0.25) is 19.4 Å². The summed E-state index contributed by atoms with van der Waals surface area (Å²) in [5, 5.41) is 14.0. The van der Waals surface area contributed by atoms with E-state index in [0.29, 0.717) is 42.7 Å². The van der Waals surface area contributed by atoms with E-state index in [0.717, 1.165) is 37.5 Å². The molecule has 6 atom stereocenters. The zero-order chi connectivity index (χ0) is 40.1. The summed E-state index contributed by atoms with van der Waals surface area (Å²) in [6, 6.07) is 21.4. The number of carboxylic acid groups (broad SMARTS) is 1. The van der Waals surface area contributed by atoms with Gasteiger partial charge in [0.15, 0.2) is 0 Å². The Hall–Kier alpha value is -3.44. The van der Waals surface area contributed by atoms with Crippen LogP contribution >= 0.6 is 0 Å². The summed E-state index contributed by atoms with van der Waals surface area (Å²) in [4.78, 5) is 41.4. The van der Waals surface area contributed by atoms with E-state index < -0.39 is 12.1 Å². The number of alkyl halides is 3. The fourth-order valence-electron chi connectivity index (χ4n) is 12.2. The number of amides is 2. The van der Waals surface area contributed by atoms with Crippen LogP contribution in [0.15, 0.2) is 48.5 Å². The lowest BCUT2D eigenvalue weighted by Gasteiger charge is -2.50. The Morgan fingerprint density at radius 1 is 0.614 bits per heavy atom. The molecule has 3 N–H and O–H groups in total. The van der Waals surface area contributed by atoms with Gasteiger partial charge in [0.1, 0.15) is 0 Å². The first kappa shape index (κ1) is 40.3. The van der Waals surface area contributed by atoms with E-state index in [9.17, 15) is 22.8 Å². The average molecular weight is 791 g/mol. The minimum Gasteiger partial charge on any atom is -0.475 e. The highest BCUT2D eigenvalue weighted by Gasteiger charge is 2.55. The van der Waals surface area contributed by atoms with E-state index in [4.69, 9.17) is 9.90 Å². The van der Waals surface area contributed by atoms with Gasteiger partial charge < -0.3 is 15.7 Å². The molecule has 3 aliphatic carbocycles. The largest absolute Gasteiger partial charge is 0.490 e. The van der Waals surface area contributed by atoms with Crippen LogP contribution in [0.3, 0.4) is 0 Å². The van der Waals surface area contributed by atoms with Crippen molar-refractivity contribution < 1.29 is 32.7 Å². The molecule has 4 aliphatic heterocycles. The number of hydrogen-bond donors (Lipinski definition) is 3. The average Bonchev–Trinajstić information content (AvgIpc) is 3.95. The minimum atomic E-state index is -5.08. The first-order chi connectivity index (χ1) is 27.3. The Morgan fingerprint density at radius 2 is 0.930 bits per heavy atom. The smallest absolute Gasteiger partial charge is 0.475 e. The van der Waals surface area contributed by atoms with Crippen molar-refractivity contribution in [2.75, 3.05) is 13.1 Å². The van der Waals surface area contributed by atoms with Crippen molar-refractivity contribution >= 4 is 17.8 Å². The van der Waals surface area contributed by atoms with Crippen molar-refractivity contribution in [3.05, 3.63) is 70.8 Å².